The quantitative estimate of drug-likeness (QED) is 0.647. The van der Waals surface area contributed by atoms with Crippen molar-refractivity contribution in [2.75, 3.05) is 51.3 Å². The van der Waals surface area contributed by atoms with Gasteiger partial charge in [0.25, 0.3) is 0 Å². The number of likely N-dealkylation sites (N-methyl/N-ethyl adjacent to an activating group) is 1. The summed E-state index contributed by atoms with van der Waals surface area (Å²) in [5.41, 5.74) is 0. The first-order valence-corrected chi connectivity index (χ1v) is 11.1. The highest BCUT2D eigenvalue weighted by molar-refractivity contribution is 7.91. The van der Waals surface area contributed by atoms with Gasteiger partial charge in [0.2, 0.25) is 5.91 Å². The van der Waals surface area contributed by atoms with Crippen molar-refractivity contribution in [1.29, 1.82) is 0 Å². The highest BCUT2D eigenvalue weighted by Crippen LogP contribution is 2.17. The number of rotatable bonds is 8. The lowest BCUT2D eigenvalue weighted by Gasteiger charge is -2.30. The molecule has 2 aliphatic rings. The number of carbonyl (C=O) groups is 1. The molecule has 0 aromatic carbocycles. The molecule has 0 aromatic heterocycles. The normalized spacial score (nSPS) is 25.2. The molecule has 6 nitrogen and oxygen atoms in total. The van der Waals surface area contributed by atoms with Crippen molar-refractivity contribution in [3.63, 3.8) is 0 Å². The van der Waals surface area contributed by atoms with Gasteiger partial charge < -0.3 is 10.2 Å². The maximum absolute atomic E-state index is 12.0. The van der Waals surface area contributed by atoms with Crippen LogP contribution in [0.4, 0.5) is 0 Å². The summed E-state index contributed by atoms with van der Waals surface area (Å²) in [5, 5.41) is 2.95. The second-order valence-electron chi connectivity index (χ2n) is 7.55. The van der Waals surface area contributed by atoms with Gasteiger partial charge in [0, 0.05) is 12.6 Å². The van der Waals surface area contributed by atoms with Gasteiger partial charge in [-0.25, -0.2) is 8.42 Å². The van der Waals surface area contributed by atoms with Crippen LogP contribution in [0.5, 0.6) is 0 Å². The van der Waals surface area contributed by atoms with Crippen LogP contribution in [0, 0.1) is 5.92 Å². The summed E-state index contributed by atoms with van der Waals surface area (Å²) in [6.45, 7) is 6.86. The molecule has 0 spiro atoms. The molecule has 0 aromatic rings. The molecule has 0 saturated carbocycles. The molecule has 140 valence electrons. The van der Waals surface area contributed by atoms with E-state index < -0.39 is 9.84 Å². The van der Waals surface area contributed by atoms with Gasteiger partial charge in [-0.1, -0.05) is 6.92 Å². The average Bonchev–Trinajstić information content (AvgIpc) is 2.89. The van der Waals surface area contributed by atoms with Crippen LogP contribution in [-0.2, 0) is 14.6 Å². The van der Waals surface area contributed by atoms with Crippen LogP contribution in [0.1, 0.15) is 39.0 Å². The second kappa shape index (κ2) is 9.15. The Hall–Kier alpha value is -0.660. The van der Waals surface area contributed by atoms with E-state index in [2.05, 4.69) is 17.1 Å². The number of unbranched alkanes of at least 4 members (excludes halogenated alkanes) is 1. The molecular formula is C17H33N3O3S. The van der Waals surface area contributed by atoms with Crippen molar-refractivity contribution in [1.82, 2.24) is 15.1 Å². The number of piperidine rings is 1. The molecule has 7 heteroatoms. The summed E-state index contributed by atoms with van der Waals surface area (Å²) >= 11 is 0. The molecule has 1 N–H and O–H groups in total. The molecular weight excluding hydrogens is 326 g/mol. The van der Waals surface area contributed by atoms with Gasteiger partial charge in [-0.2, -0.15) is 0 Å². The van der Waals surface area contributed by atoms with Crippen LogP contribution in [-0.4, -0.2) is 81.4 Å². The van der Waals surface area contributed by atoms with E-state index in [1.807, 2.05) is 11.9 Å². The van der Waals surface area contributed by atoms with E-state index in [4.69, 9.17) is 0 Å². The van der Waals surface area contributed by atoms with E-state index in [-0.39, 0.29) is 30.0 Å². The molecule has 0 bridgehead atoms. The Morgan fingerprint density at radius 2 is 1.92 bits per heavy atom. The third kappa shape index (κ3) is 6.69. The molecule has 2 rings (SSSR count). The van der Waals surface area contributed by atoms with Crippen molar-refractivity contribution in [2.24, 2.45) is 5.92 Å². The minimum Gasteiger partial charge on any atom is -0.355 e. The van der Waals surface area contributed by atoms with E-state index in [1.54, 1.807) is 0 Å². The number of hydrogen-bond donors (Lipinski definition) is 1. The van der Waals surface area contributed by atoms with Crippen LogP contribution < -0.4 is 5.32 Å². The molecule has 2 fully saturated rings. The lowest BCUT2D eigenvalue weighted by Crippen LogP contribution is -2.41. The Morgan fingerprint density at radius 1 is 1.21 bits per heavy atom. The van der Waals surface area contributed by atoms with Crippen molar-refractivity contribution < 1.29 is 13.2 Å². The third-order valence-electron chi connectivity index (χ3n) is 5.32. The van der Waals surface area contributed by atoms with Gasteiger partial charge in [0.1, 0.15) is 0 Å². The zero-order chi connectivity index (χ0) is 17.6. The Kier molecular flexibility index (Phi) is 7.50. The zero-order valence-electron chi connectivity index (χ0n) is 15.2. The van der Waals surface area contributed by atoms with E-state index in [0.29, 0.717) is 13.0 Å². The third-order valence-corrected chi connectivity index (χ3v) is 7.07. The number of nitrogens with zero attached hydrogens (tertiary/aromatic N) is 2. The minimum atomic E-state index is -2.89. The fourth-order valence-electron chi connectivity index (χ4n) is 3.51. The summed E-state index contributed by atoms with van der Waals surface area (Å²) in [6.07, 6.45) is 5.37. The molecule has 24 heavy (non-hydrogen) atoms. The molecule has 1 atom stereocenters. The average molecular weight is 360 g/mol. The number of nitrogens with one attached hydrogen (secondary N) is 1. The Bertz CT molecular complexity index is 501. The predicted molar refractivity (Wildman–Crippen MR) is 96.8 cm³/mol. The number of likely N-dealkylation sites (tertiary alicyclic amines) is 1. The maximum atomic E-state index is 12.0. The predicted octanol–water partition coefficient (Wildman–Crippen LogP) is 0.734. The molecule has 1 unspecified atom stereocenters. The topological polar surface area (TPSA) is 69.7 Å². The summed E-state index contributed by atoms with van der Waals surface area (Å²) in [5.74, 6) is 1.30. The van der Waals surface area contributed by atoms with Crippen LogP contribution in [0.3, 0.4) is 0 Å². The summed E-state index contributed by atoms with van der Waals surface area (Å²) < 4.78 is 23.0. The number of sulfone groups is 1. The Labute approximate surface area is 146 Å². The van der Waals surface area contributed by atoms with Gasteiger partial charge in [0.15, 0.2) is 9.84 Å². The van der Waals surface area contributed by atoms with Crippen molar-refractivity contribution in [2.45, 2.75) is 45.1 Å². The first-order valence-electron chi connectivity index (χ1n) is 9.25. The summed E-state index contributed by atoms with van der Waals surface area (Å²) in [4.78, 5) is 16.4. The fraction of sp³-hybridized carbons (Fsp3) is 0.941. The van der Waals surface area contributed by atoms with Crippen LogP contribution >= 0.6 is 0 Å². The number of hydrogen-bond acceptors (Lipinski definition) is 5. The molecule has 2 heterocycles. The van der Waals surface area contributed by atoms with E-state index in [9.17, 15) is 13.2 Å². The Morgan fingerprint density at radius 3 is 2.54 bits per heavy atom. The fourth-order valence-corrected chi connectivity index (χ4v) is 5.31. The highest BCUT2D eigenvalue weighted by Gasteiger charge is 2.31. The van der Waals surface area contributed by atoms with Crippen LogP contribution in [0.25, 0.3) is 0 Å². The monoisotopic (exact) mass is 359 g/mol. The van der Waals surface area contributed by atoms with Gasteiger partial charge >= 0.3 is 0 Å². The van der Waals surface area contributed by atoms with Gasteiger partial charge in [-0.15, -0.1) is 0 Å². The van der Waals surface area contributed by atoms with Crippen LogP contribution in [0.15, 0.2) is 0 Å². The first-order chi connectivity index (χ1) is 11.4. The lowest BCUT2D eigenvalue weighted by atomic mass is 9.99. The van der Waals surface area contributed by atoms with Gasteiger partial charge in [-0.05, 0) is 64.7 Å². The van der Waals surface area contributed by atoms with E-state index in [1.165, 1.54) is 25.9 Å². The summed E-state index contributed by atoms with van der Waals surface area (Å²) in [7, 11) is -1.06. The Balaban J connectivity index is 1.52. The second-order valence-corrected chi connectivity index (χ2v) is 9.78. The number of amides is 1. The first kappa shape index (κ1) is 19.7. The molecule has 2 aliphatic heterocycles. The van der Waals surface area contributed by atoms with Crippen LogP contribution in [0.2, 0.25) is 0 Å². The lowest BCUT2D eigenvalue weighted by molar-refractivity contribution is -0.122. The number of carbonyl (C=O) groups excluding carboxylic acids is 1. The largest absolute Gasteiger partial charge is 0.355 e. The van der Waals surface area contributed by atoms with Crippen molar-refractivity contribution in [3.8, 4) is 0 Å². The minimum absolute atomic E-state index is 0.00593. The SMILES string of the molecule is CC1CCN(CCCCNC(=O)CN(C)C2CCS(=O)(=O)C2)CC1. The van der Waals surface area contributed by atoms with E-state index >= 15 is 0 Å². The smallest absolute Gasteiger partial charge is 0.234 e. The molecule has 0 radical (unpaired) electrons. The molecule has 1 amide bonds. The standard InChI is InChI=1S/C17H33N3O3S/c1-15-5-10-20(11-6-15)9-4-3-8-18-17(21)13-19(2)16-7-12-24(22,23)14-16/h15-16H,3-14H2,1-2H3,(H,18,21). The summed E-state index contributed by atoms with van der Waals surface area (Å²) in [6, 6.07) is -0.0118. The maximum Gasteiger partial charge on any atom is 0.234 e. The van der Waals surface area contributed by atoms with E-state index in [0.717, 1.165) is 25.3 Å². The van der Waals surface area contributed by atoms with Gasteiger partial charge in [0.05, 0.1) is 18.1 Å². The zero-order valence-corrected chi connectivity index (χ0v) is 16.0. The van der Waals surface area contributed by atoms with Crippen molar-refractivity contribution in [3.05, 3.63) is 0 Å². The van der Waals surface area contributed by atoms with Crippen molar-refractivity contribution >= 4 is 15.7 Å². The highest BCUT2D eigenvalue weighted by atomic mass is 32.2. The van der Waals surface area contributed by atoms with Gasteiger partial charge in [-0.3, -0.25) is 9.69 Å². The molecule has 0 aliphatic carbocycles. The molecule has 2 saturated heterocycles.